The highest BCUT2D eigenvalue weighted by atomic mass is 79.9. The average Bonchev–Trinajstić information content (AvgIpc) is 3.14. The van der Waals surface area contributed by atoms with Gasteiger partial charge in [0.05, 0.1) is 11.7 Å². The quantitative estimate of drug-likeness (QED) is 0.601. The number of carbonyl (C=O) groups is 1. The summed E-state index contributed by atoms with van der Waals surface area (Å²) in [6.45, 7) is 2.11. The van der Waals surface area contributed by atoms with E-state index in [1.54, 1.807) is 24.2 Å². The molecule has 1 amide bonds. The zero-order valence-electron chi connectivity index (χ0n) is 14.4. The summed E-state index contributed by atoms with van der Waals surface area (Å²) >= 11 is 3.39. The van der Waals surface area contributed by atoms with Crippen LogP contribution in [0.1, 0.15) is 34.9 Å². The molecular weight excluding hydrogens is 398 g/mol. The molecule has 0 radical (unpaired) electrons. The van der Waals surface area contributed by atoms with Crippen molar-refractivity contribution in [3.05, 3.63) is 76.3 Å². The lowest BCUT2D eigenvalue weighted by Gasteiger charge is -2.23. The lowest BCUT2D eigenvalue weighted by molar-refractivity contribution is 0.0729. The van der Waals surface area contributed by atoms with Crippen LogP contribution in [0.2, 0.25) is 0 Å². The summed E-state index contributed by atoms with van der Waals surface area (Å²) in [5, 5.41) is 3.87. The number of hydrogen-bond acceptors (Lipinski definition) is 5. The van der Waals surface area contributed by atoms with E-state index in [0.29, 0.717) is 11.5 Å². The minimum absolute atomic E-state index is 0.179. The van der Waals surface area contributed by atoms with Crippen LogP contribution in [-0.2, 0) is 6.61 Å². The van der Waals surface area contributed by atoms with Crippen LogP contribution >= 0.6 is 15.9 Å². The van der Waals surface area contributed by atoms with Gasteiger partial charge in [-0.25, -0.2) is 0 Å². The van der Waals surface area contributed by atoms with E-state index in [9.17, 15) is 4.79 Å². The van der Waals surface area contributed by atoms with Crippen LogP contribution in [0, 0.1) is 0 Å². The Bertz CT molecular complexity index is 883. The Labute approximate surface area is 159 Å². The molecule has 3 rings (SSSR count). The summed E-state index contributed by atoms with van der Waals surface area (Å²) in [6, 6.07) is 14.5. The summed E-state index contributed by atoms with van der Waals surface area (Å²) in [4.78, 5) is 18.5. The van der Waals surface area contributed by atoms with Crippen LogP contribution in [0.15, 0.2) is 63.7 Å². The van der Waals surface area contributed by atoms with E-state index in [4.69, 9.17) is 9.26 Å². The molecule has 0 aliphatic carbocycles. The first-order chi connectivity index (χ1) is 12.5. The Morgan fingerprint density at radius 3 is 2.85 bits per heavy atom. The van der Waals surface area contributed by atoms with Gasteiger partial charge in [0.15, 0.2) is 11.5 Å². The molecule has 134 valence electrons. The number of benzene rings is 1. The smallest absolute Gasteiger partial charge is 0.276 e. The monoisotopic (exact) mass is 415 g/mol. The molecule has 0 bridgehead atoms. The van der Waals surface area contributed by atoms with Crippen LogP contribution < -0.4 is 4.74 Å². The van der Waals surface area contributed by atoms with Crippen molar-refractivity contribution < 1.29 is 14.1 Å². The summed E-state index contributed by atoms with van der Waals surface area (Å²) in [7, 11) is 1.72. The molecule has 1 unspecified atom stereocenters. The van der Waals surface area contributed by atoms with Crippen LogP contribution in [0.3, 0.4) is 0 Å². The van der Waals surface area contributed by atoms with Crippen molar-refractivity contribution in [3.8, 4) is 5.75 Å². The summed E-state index contributed by atoms with van der Waals surface area (Å²) in [6.07, 6.45) is 1.71. The first kappa shape index (κ1) is 18.1. The maximum Gasteiger partial charge on any atom is 0.276 e. The summed E-state index contributed by atoms with van der Waals surface area (Å²) < 4.78 is 11.8. The second-order valence-corrected chi connectivity index (χ2v) is 6.69. The van der Waals surface area contributed by atoms with Gasteiger partial charge in [0.2, 0.25) is 0 Å². The van der Waals surface area contributed by atoms with Gasteiger partial charge in [-0.3, -0.25) is 9.78 Å². The number of aromatic nitrogens is 2. The van der Waals surface area contributed by atoms with E-state index in [2.05, 4.69) is 26.1 Å². The van der Waals surface area contributed by atoms with Crippen LogP contribution in [0.5, 0.6) is 5.75 Å². The van der Waals surface area contributed by atoms with Gasteiger partial charge in [-0.15, -0.1) is 0 Å². The van der Waals surface area contributed by atoms with Crippen molar-refractivity contribution in [2.75, 3.05) is 7.05 Å². The Morgan fingerprint density at radius 2 is 2.12 bits per heavy atom. The summed E-state index contributed by atoms with van der Waals surface area (Å²) in [5.74, 6) is 0.942. The molecule has 0 saturated carbocycles. The highest BCUT2D eigenvalue weighted by molar-refractivity contribution is 9.10. The topological polar surface area (TPSA) is 68.5 Å². The fourth-order valence-corrected chi connectivity index (χ4v) is 2.75. The molecule has 2 aromatic heterocycles. The van der Waals surface area contributed by atoms with E-state index in [1.807, 2.05) is 49.4 Å². The van der Waals surface area contributed by atoms with E-state index in [0.717, 1.165) is 10.2 Å². The van der Waals surface area contributed by atoms with Crippen molar-refractivity contribution in [1.82, 2.24) is 15.0 Å². The molecule has 3 aromatic rings. The SMILES string of the molecule is CC(c1ccccn1)N(C)C(=O)c1cc(COc2cccc(Br)c2)on1. The van der Waals surface area contributed by atoms with E-state index in [-0.39, 0.29) is 24.2 Å². The minimum Gasteiger partial charge on any atom is -0.486 e. The molecule has 2 heterocycles. The van der Waals surface area contributed by atoms with Crippen molar-refractivity contribution in [3.63, 3.8) is 0 Å². The predicted octanol–water partition coefficient (Wildman–Crippen LogP) is 4.24. The molecule has 0 spiro atoms. The van der Waals surface area contributed by atoms with Gasteiger partial charge >= 0.3 is 0 Å². The first-order valence-corrected chi connectivity index (χ1v) is 8.86. The number of hydrogen-bond donors (Lipinski definition) is 0. The maximum atomic E-state index is 12.6. The molecule has 1 atom stereocenters. The van der Waals surface area contributed by atoms with Crippen LogP contribution in [0.4, 0.5) is 0 Å². The second-order valence-electron chi connectivity index (χ2n) is 5.77. The molecule has 0 fully saturated rings. The van der Waals surface area contributed by atoms with Gasteiger partial charge in [0, 0.05) is 23.8 Å². The third kappa shape index (κ3) is 4.29. The highest BCUT2D eigenvalue weighted by Crippen LogP contribution is 2.21. The molecule has 0 aliphatic heterocycles. The largest absolute Gasteiger partial charge is 0.486 e. The molecular formula is C19H18BrN3O3. The Kier molecular flexibility index (Phi) is 5.68. The van der Waals surface area contributed by atoms with E-state index in [1.165, 1.54) is 0 Å². The highest BCUT2D eigenvalue weighted by Gasteiger charge is 2.22. The number of halogens is 1. The van der Waals surface area contributed by atoms with E-state index < -0.39 is 0 Å². The maximum absolute atomic E-state index is 12.6. The van der Waals surface area contributed by atoms with Gasteiger partial charge in [-0.2, -0.15) is 0 Å². The van der Waals surface area contributed by atoms with Gasteiger partial charge < -0.3 is 14.2 Å². The van der Waals surface area contributed by atoms with Crippen LogP contribution in [0.25, 0.3) is 0 Å². The van der Waals surface area contributed by atoms with Gasteiger partial charge in [0.25, 0.3) is 5.91 Å². The number of ether oxygens (including phenoxy) is 1. The Morgan fingerprint density at radius 1 is 1.27 bits per heavy atom. The lowest BCUT2D eigenvalue weighted by atomic mass is 10.2. The number of nitrogens with zero attached hydrogens (tertiary/aromatic N) is 3. The minimum atomic E-state index is -0.236. The predicted molar refractivity (Wildman–Crippen MR) is 99.7 cm³/mol. The van der Waals surface area contributed by atoms with Crippen LogP contribution in [-0.4, -0.2) is 28.0 Å². The fourth-order valence-electron chi connectivity index (χ4n) is 2.37. The van der Waals surface area contributed by atoms with Gasteiger partial charge in [-0.05, 0) is 37.3 Å². The third-order valence-electron chi connectivity index (χ3n) is 3.97. The number of rotatable bonds is 6. The second kappa shape index (κ2) is 8.14. The fraction of sp³-hybridized carbons (Fsp3) is 0.211. The normalized spacial score (nSPS) is 11.8. The molecule has 6 nitrogen and oxygen atoms in total. The average molecular weight is 416 g/mol. The Hall–Kier alpha value is -2.67. The zero-order valence-corrected chi connectivity index (χ0v) is 16.0. The molecule has 0 N–H and O–H groups in total. The van der Waals surface area contributed by atoms with E-state index >= 15 is 0 Å². The summed E-state index contributed by atoms with van der Waals surface area (Å²) in [5.41, 5.74) is 1.05. The number of amides is 1. The van der Waals surface area contributed by atoms with Gasteiger partial charge in [0.1, 0.15) is 12.4 Å². The zero-order chi connectivity index (χ0) is 18.5. The molecule has 0 saturated heterocycles. The van der Waals surface area contributed by atoms with Gasteiger partial charge in [-0.1, -0.05) is 33.2 Å². The standard InChI is InChI=1S/C19H18BrN3O3/c1-13(17-8-3-4-9-21-17)23(2)19(24)18-11-16(26-22-18)12-25-15-7-5-6-14(20)10-15/h3-11,13H,12H2,1-2H3. The van der Waals surface area contributed by atoms with Crippen molar-refractivity contribution in [1.29, 1.82) is 0 Å². The van der Waals surface area contributed by atoms with Crippen molar-refractivity contribution in [2.24, 2.45) is 0 Å². The molecule has 0 aliphatic rings. The first-order valence-electron chi connectivity index (χ1n) is 8.06. The third-order valence-corrected chi connectivity index (χ3v) is 4.47. The number of carbonyl (C=O) groups excluding carboxylic acids is 1. The molecule has 7 heteroatoms. The number of pyridine rings is 1. The Balaban J connectivity index is 1.64. The molecule has 26 heavy (non-hydrogen) atoms. The molecule has 1 aromatic carbocycles. The lowest BCUT2D eigenvalue weighted by Crippen LogP contribution is -2.30. The van der Waals surface area contributed by atoms with Crippen molar-refractivity contribution >= 4 is 21.8 Å². The van der Waals surface area contributed by atoms with Crippen molar-refractivity contribution in [2.45, 2.75) is 19.6 Å².